The van der Waals surface area contributed by atoms with Crippen molar-refractivity contribution in [3.63, 3.8) is 0 Å². The molecule has 0 aliphatic carbocycles. The molecule has 0 rings (SSSR count). The Balaban J connectivity index is 3.38. The van der Waals surface area contributed by atoms with Crippen molar-refractivity contribution in [1.29, 1.82) is 0 Å². The molecule has 0 aromatic heterocycles. The first-order chi connectivity index (χ1) is 18.2. The van der Waals surface area contributed by atoms with Crippen LogP contribution in [0.1, 0.15) is 27.2 Å². The third-order valence-electron chi connectivity index (χ3n) is 4.21. The minimum absolute atomic E-state index is 0.0859. The van der Waals surface area contributed by atoms with Gasteiger partial charge >= 0.3 is 5.97 Å². The van der Waals surface area contributed by atoms with Gasteiger partial charge in [0.2, 0.25) is 0 Å². The number of azide groups is 1. The van der Waals surface area contributed by atoms with Crippen LogP contribution < -0.4 is 0 Å². The van der Waals surface area contributed by atoms with Crippen molar-refractivity contribution in [2.24, 2.45) is 5.11 Å². The number of esters is 1. The lowest BCUT2D eigenvalue weighted by Crippen LogP contribution is -2.24. The summed E-state index contributed by atoms with van der Waals surface area (Å²) in [6.45, 7) is 10.0. The highest BCUT2D eigenvalue weighted by atomic mass is 32.2. The topological polar surface area (TPSA) is 174 Å². The van der Waals surface area contributed by atoms with Gasteiger partial charge in [-0.2, -0.15) is 0 Å². The summed E-state index contributed by atoms with van der Waals surface area (Å²) < 4.78 is 66.2. The summed E-state index contributed by atoms with van der Waals surface area (Å²) in [5.74, 6) is -0.465. The molecule has 0 spiro atoms. The summed E-state index contributed by atoms with van der Waals surface area (Å²) in [6.07, 6.45) is 0.200. The van der Waals surface area contributed by atoms with Gasteiger partial charge in [0.05, 0.1) is 110 Å². The first-order valence-electron chi connectivity index (χ1n) is 12.6. The maximum absolute atomic E-state index is 12.0. The number of ether oxygens (including phenoxy) is 8. The molecular weight excluding hydrogens is 526 g/mol. The Bertz CT molecular complexity index is 727. The molecule has 14 nitrogen and oxygen atoms in total. The number of carbonyl (C=O) groups is 1. The fourth-order valence-corrected chi connectivity index (χ4v) is 3.42. The smallest absolute Gasteiger partial charge is 0.308 e. The molecule has 0 N–H and O–H groups in total. The van der Waals surface area contributed by atoms with E-state index in [0.717, 1.165) is 0 Å². The highest BCUT2D eigenvalue weighted by molar-refractivity contribution is 7.91. The first-order valence-corrected chi connectivity index (χ1v) is 14.5. The Hall–Kier alpha value is -1.55. The number of hydrogen-bond acceptors (Lipinski definition) is 12. The SMILES string of the molecule is CC(C)(C)OC(=O)CCOCCOCCOCCOCCS(=O)(=O)CCOCCOCCOCCN=[N+]=[N-]. The second-order valence-electron chi connectivity index (χ2n) is 8.73. The van der Waals surface area contributed by atoms with Crippen LogP contribution >= 0.6 is 0 Å². The lowest BCUT2D eigenvalue weighted by atomic mass is 10.2. The fourth-order valence-electron chi connectivity index (χ4n) is 2.48. The fraction of sp³-hybridized carbons (Fsp3) is 0.957. The summed E-state index contributed by atoms with van der Waals surface area (Å²) in [6, 6.07) is 0. The summed E-state index contributed by atoms with van der Waals surface area (Å²) >= 11 is 0. The standard InChI is InChI=1S/C23H45N3O11S/c1-23(2,3)37-22(27)4-6-30-8-10-32-12-13-34-15-17-36-19-21-38(28,29)20-18-35-16-14-33-11-9-31-7-5-25-26-24/h4-21H2,1-3H3. The van der Waals surface area contributed by atoms with Crippen LogP contribution in [0.4, 0.5) is 0 Å². The third kappa shape index (κ3) is 29.0. The number of carbonyl (C=O) groups excluding carboxylic acids is 1. The number of hydrogen-bond donors (Lipinski definition) is 0. The van der Waals surface area contributed by atoms with E-state index in [1.807, 2.05) is 20.8 Å². The number of sulfone groups is 1. The second-order valence-corrected chi connectivity index (χ2v) is 11.0. The molecule has 0 heterocycles. The van der Waals surface area contributed by atoms with Crippen molar-refractivity contribution in [2.45, 2.75) is 32.8 Å². The molecule has 0 saturated carbocycles. The van der Waals surface area contributed by atoms with E-state index in [2.05, 4.69) is 10.0 Å². The zero-order valence-corrected chi connectivity index (χ0v) is 23.8. The summed E-state index contributed by atoms with van der Waals surface area (Å²) in [5, 5.41) is 3.34. The van der Waals surface area contributed by atoms with E-state index < -0.39 is 15.4 Å². The van der Waals surface area contributed by atoms with Crippen molar-refractivity contribution < 1.29 is 51.1 Å². The molecule has 0 aliphatic rings. The van der Waals surface area contributed by atoms with Crippen LogP contribution in [0.15, 0.2) is 5.11 Å². The molecule has 0 aliphatic heterocycles. The minimum atomic E-state index is -3.27. The van der Waals surface area contributed by atoms with Crippen LogP contribution in [0, 0.1) is 0 Å². The lowest BCUT2D eigenvalue weighted by Gasteiger charge is -2.19. The molecule has 0 radical (unpaired) electrons. The Morgan fingerprint density at radius 1 is 0.658 bits per heavy atom. The molecule has 0 aromatic carbocycles. The van der Waals surface area contributed by atoms with Crippen molar-refractivity contribution in [3.05, 3.63) is 10.4 Å². The minimum Gasteiger partial charge on any atom is -0.460 e. The normalized spacial score (nSPS) is 11.9. The predicted molar refractivity (Wildman–Crippen MR) is 139 cm³/mol. The van der Waals surface area contributed by atoms with E-state index in [1.54, 1.807) is 0 Å². The van der Waals surface area contributed by atoms with Crippen molar-refractivity contribution in [3.8, 4) is 0 Å². The van der Waals surface area contributed by atoms with E-state index in [4.69, 9.17) is 43.4 Å². The first kappa shape index (κ1) is 36.5. The zero-order chi connectivity index (χ0) is 28.4. The molecular formula is C23H45N3O11S. The maximum atomic E-state index is 12.0. The summed E-state index contributed by atoms with van der Waals surface area (Å²) in [5.41, 5.74) is 7.62. The van der Waals surface area contributed by atoms with E-state index in [0.29, 0.717) is 59.5 Å². The molecule has 0 atom stereocenters. The Morgan fingerprint density at radius 2 is 1.03 bits per heavy atom. The van der Waals surface area contributed by atoms with Crippen molar-refractivity contribution in [2.75, 3.05) is 111 Å². The summed E-state index contributed by atoms with van der Waals surface area (Å²) in [7, 11) is -3.27. The molecule has 0 bridgehead atoms. The van der Waals surface area contributed by atoms with Crippen LogP contribution in [-0.2, 0) is 52.5 Å². The Morgan fingerprint density at radius 3 is 1.42 bits per heavy atom. The van der Waals surface area contributed by atoms with Crippen molar-refractivity contribution in [1.82, 2.24) is 0 Å². The van der Waals surface area contributed by atoms with Gasteiger partial charge in [0.25, 0.3) is 0 Å². The maximum Gasteiger partial charge on any atom is 0.308 e. The molecule has 38 heavy (non-hydrogen) atoms. The largest absolute Gasteiger partial charge is 0.460 e. The van der Waals surface area contributed by atoms with E-state index in [-0.39, 0.29) is 63.5 Å². The number of nitrogens with zero attached hydrogens (tertiary/aromatic N) is 3. The van der Waals surface area contributed by atoms with Crippen LogP contribution in [0.5, 0.6) is 0 Å². The zero-order valence-electron chi connectivity index (χ0n) is 23.0. The van der Waals surface area contributed by atoms with Crippen LogP contribution in [-0.4, -0.2) is 131 Å². The predicted octanol–water partition coefficient (Wildman–Crippen LogP) is 1.56. The molecule has 0 amide bonds. The third-order valence-corrected chi connectivity index (χ3v) is 5.78. The number of rotatable bonds is 27. The van der Waals surface area contributed by atoms with Crippen LogP contribution in [0.2, 0.25) is 0 Å². The Kier molecular flexibility index (Phi) is 23.5. The molecule has 0 aromatic rings. The van der Waals surface area contributed by atoms with Gasteiger partial charge in [0.1, 0.15) is 5.60 Å². The van der Waals surface area contributed by atoms with E-state index in [1.165, 1.54) is 0 Å². The molecule has 0 fully saturated rings. The van der Waals surface area contributed by atoms with Crippen molar-refractivity contribution >= 4 is 15.8 Å². The van der Waals surface area contributed by atoms with E-state index in [9.17, 15) is 13.2 Å². The molecule has 0 saturated heterocycles. The van der Waals surface area contributed by atoms with Gasteiger partial charge in [0.15, 0.2) is 9.84 Å². The molecule has 224 valence electrons. The van der Waals surface area contributed by atoms with Gasteiger partial charge in [-0.05, 0) is 26.3 Å². The second kappa shape index (κ2) is 24.5. The quantitative estimate of drug-likeness (QED) is 0.0460. The molecule has 0 unspecified atom stereocenters. The monoisotopic (exact) mass is 571 g/mol. The average molecular weight is 572 g/mol. The average Bonchev–Trinajstić information content (AvgIpc) is 2.83. The van der Waals surface area contributed by atoms with Gasteiger partial charge in [-0.1, -0.05) is 5.11 Å². The highest BCUT2D eigenvalue weighted by Gasteiger charge is 2.15. The highest BCUT2D eigenvalue weighted by Crippen LogP contribution is 2.08. The van der Waals surface area contributed by atoms with E-state index >= 15 is 0 Å². The van der Waals surface area contributed by atoms with Gasteiger partial charge < -0.3 is 37.9 Å². The van der Waals surface area contributed by atoms with Gasteiger partial charge in [-0.15, -0.1) is 0 Å². The van der Waals surface area contributed by atoms with Gasteiger partial charge in [-0.3, -0.25) is 4.79 Å². The van der Waals surface area contributed by atoms with Crippen LogP contribution in [0.3, 0.4) is 0 Å². The lowest BCUT2D eigenvalue weighted by molar-refractivity contribution is -0.156. The molecule has 15 heteroatoms. The van der Waals surface area contributed by atoms with Crippen LogP contribution in [0.25, 0.3) is 10.4 Å². The van der Waals surface area contributed by atoms with Gasteiger partial charge in [-0.25, -0.2) is 8.42 Å². The Labute approximate surface area is 226 Å². The summed E-state index contributed by atoms with van der Waals surface area (Å²) in [4.78, 5) is 14.1. The van der Waals surface area contributed by atoms with Gasteiger partial charge in [0, 0.05) is 11.5 Å².